The summed E-state index contributed by atoms with van der Waals surface area (Å²) in [4.78, 5) is 2.28. The summed E-state index contributed by atoms with van der Waals surface area (Å²) in [7, 11) is 0. The molecule has 0 aliphatic rings. The lowest BCUT2D eigenvalue weighted by Gasteiger charge is -2.24. The molecule has 1 N–H and O–H groups in total. The normalized spacial score (nSPS) is 12.2. The van der Waals surface area contributed by atoms with Crippen LogP contribution < -0.4 is 9.47 Å². The van der Waals surface area contributed by atoms with Crippen molar-refractivity contribution in [3.8, 4) is 17.2 Å². The van der Waals surface area contributed by atoms with E-state index >= 15 is 0 Å². The van der Waals surface area contributed by atoms with Crippen molar-refractivity contribution in [2.45, 2.75) is 39.7 Å². The molecule has 142 valence electrons. The molecule has 1 unspecified atom stereocenters. The van der Waals surface area contributed by atoms with Gasteiger partial charge in [-0.25, -0.2) is 0 Å². The topological polar surface area (TPSA) is 41.9 Å². The van der Waals surface area contributed by atoms with Crippen molar-refractivity contribution in [2.75, 3.05) is 26.2 Å². The Morgan fingerprint density at radius 3 is 2.35 bits per heavy atom. The summed E-state index contributed by atoms with van der Waals surface area (Å²) < 4.78 is 11.7. The Balaban J connectivity index is 1.89. The highest BCUT2D eigenvalue weighted by Gasteiger charge is 2.11. The van der Waals surface area contributed by atoms with Crippen molar-refractivity contribution in [1.29, 1.82) is 0 Å². The van der Waals surface area contributed by atoms with Gasteiger partial charge in [-0.15, -0.1) is 0 Å². The number of ether oxygens (including phenoxy) is 2. The number of nitrogens with zero attached hydrogens (tertiary/aromatic N) is 1. The zero-order valence-corrected chi connectivity index (χ0v) is 16.1. The molecule has 0 amide bonds. The third-order valence-corrected chi connectivity index (χ3v) is 4.12. The fraction of sp³-hybridized carbons (Fsp3) is 0.455. The molecule has 0 saturated heterocycles. The molecule has 26 heavy (non-hydrogen) atoms. The largest absolute Gasteiger partial charge is 0.491 e. The van der Waals surface area contributed by atoms with Crippen molar-refractivity contribution in [3.63, 3.8) is 0 Å². The van der Waals surface area contributed by atoms with E-state index < -0.39 is 6.10 Å². The lowest BCUT2D eigenvalue weighted by molar-refractivity contribution is 0.0681. The summed E-state index contributed by atoms with van der Waals surface area (Å²) in [5.41, 5.74) is 1.08. The average Bonchev–Trinajstić information content (AvgIpc) is 2.63. The van der Waals surface area contributed by atoms with Crippen LogP contribution in [0.2, 0.25) is 0 Å². The molecule has 2 aromatic carbocycles. The fourth-order valence-electron chi connectivity index (χ4n) is 2.90. The Morgan fingerprint density at radius 1 is 0.962 bits per heavy atom. The fourth-order valence-corrected chi connectivity index (χ4v) is 2.90. The maximum atomic E-state index is 10.3. The average molecular weight is 357 g/mol. The number of aryl methyl sites for hydroxylation is 1. The third-order valence-electron chi connectivity index (χ3n) is 4.12. The molecule has 4 heteroatoms. The molecule has 1 atom stereocenters. The molecule has 0 spiro atoms. The van der Waals surface area contributed by atoms with Crippen LogP contribution in [0.1, 0.15) is 32.3 Å². The van der Waals surface area contributed by atoms with E-state index in [1.165, 1.54) is 0 Å². The molecule has 0 bridgehead atoms. The molecule has 0 saturated carbocycles. The molecule has 2 rings (SSSR count). The van der Waals surface area contributed by atoms with Crippen molar-refractivity contribution in [3.05, 3.63) is 54.1 Å². The van der Waals surface area contributed by atoms with Crippen LogP contribution >= 0.6 is 0 Å². The smallest absolute Gasteiger partial charge is 0.131 e. The number of para-hydroxylation sites is 1. The predicted molar refractivity (Wildman–Crippen MR) is 106 cm³/mol. The van der Waals surface area contributed by atoms with Crippen LogP contribution in [0.25, 0.3) is 0 Å². The summed E-state index contributed by atoms with van der Waals surface area (Å²) in [6, 6.07) is 15.5. The van der Waals surface area contributed by atoms with Gasteiger partial charge in [-0.3, -0.25) is 0 Å². The predicted octanol–water partition coefficient (Wildman–Crippen LogP) is 4.65. The summed E-state index contributed by atoms with van der Waals surface area (Å²) >= 11 is 0. The summed E-state index contributed by atoms with van der Waals surface area (Å²) in [5.74, 6) is 2.26. The van der Waals surface area contributed by atoms with Crippen LogP contribution in [0, 0.1) is 6.92 Å². The summed E-state index contributed by atoms with van der Waals surface area (Å²) in [5, 5.41) is 10.3. The number of aliphatic hydroxyl groups is 1. The van der Waals surface area contributed by atoms with Crippen molar-refractivity contribution in [1.82, 2.24) is 4.90 Å². The Bertz CT molecular complexity index is 653. The van der Waals surface area contributed by atoms with E-state index in [-0.39, 0.29) is 6.61 Å². The minimum absolute atomic E-state index is 0.276. The summed E-state index contributed by atoms with van der Waals surface area (Å²) in [6.45, 7) is 9.26. The van der Waals surface area contributed by atoms with E-state index in [1.807, 2.05) is 55.5 Å². The lowest BCUT2D eigenvalue weighted by Crippen LogP contribution is -2.36. The molecule has 2 aromatic rings. The van der Waals surface area contributed by atoms with E-state index in [2.05, 4.69) is 18.7 Å². The van der Waals surface area contributed by atoms with Gasteiger partial charge in [0.15, 0.2) is 0 Å². The number of benzene rings is 2. The van der Waals surface area contributed by atoms with Gasteiger partial charge in [0.2, 0.25) is 0 Å². The zero-order chi connectivity index (χ0) is 18.8. The second kappa shape index (κ2) is 10.8. The minimum atomic E-state index is -0.506. The Labute approximate surface area is 157 Å². The van der Waals surface area contributed by atoms with E-state index in [0.717, 1.165) is 43.0 Å². The molecular formula is C22H31NO3. The van der Waals surface area contributed by atoms with Crippen LogP contribution in [0.3, 0.4) is 0 Å². The first-order valence-electron chi connectivity index (χ1n) is 9.49. The van der Waals surface area contributed by atoms with Gasteiger partial charge in [-0.1, -0.05) is 38.1 Å². The maximum absolute atomic E-state index is 10.3. The molecule has 4 nitrogen and oxygen atoms in total. The number of aliphatic hydroxyl groups excluding tert-OH is 1. The van der Waals surface area contributed by atoms with Crippen LogP contribution in [0.4, 0.5) is 0 Å². The van der Waals surface area contributed by atoms with E-state index in [9.17, 15) is 5.11 Å². The monoisotopic (exact) mass is 357 g/mol. The van der Waals surface area contributed by atoms with Crippen molar-refractivity contribution >= 4 is 0 Å². The van der Waals surface area contributed by atoms with Gasteiger partial charge in [0.05, 0.1) is 0 Å². The molecule has 0 aliphatic heterocycles. The van der Waals surface area contributed by atoms with Gasteiger partial charge in [-0.2, -0.15) is 0 Å². The highest BCUT2D eigenvalue weighted by molar-refractivity contribution is 5.39. The van der Waals surface area contributed by atoms with Gasteiger partial charge < -0.3 is 19.5 Å². The van der Waals surface area contributed by atoms with Crippen molar-refractivity contribution in [2.24, 2.45) is 0 Å². The first-order chi connectivity index (χ1) is 12.6. The number of hydrogen-bond donors (Lipinski definition) is 1. The van der Waals surface area contributed by atoms with E-state index in [4.69, 9.17) is 9.47 Å². The SMILES string of the molecule is CCCN(CCC)CC(O)COc1cccc(Oc2ccccc2C)c1. The third kappa shape index (κ3) is 6.70. The maximum Gasteiger partial charge on any atom is 0.131 e. The van der Waals surface area contributed by atoms with E-state index in [0.29, 0.717) is 12.3 Å². The van der Waals surface area contributed by atoms with Crippen LogP contribution in [0.5, 0.6) is 17.2 Å². The van der Waals surface area contributed by atoms with Gasteiger partial charge in [0.1, 0.15) is 30.0 Å². The highest BCUT2D eigenvalue weighted by Crippen LogP contribution is 2.27. The van der Waals surface area contributed by atoms with Crippen LogP contribution in [0.15, 0.2) is 48.5 Å². The van der Waals surface area contributed by atoms with Gasteiger partial charge >= 0.3 is 0 Å². The Kier molecular flexibility index (Phi) is 8.45. The van der Waals surface area contributed by atoms with Gasteiger partial charge in [0.25, 0.3) is 0 Å². The Morgan fingerprint density at radius 2 is 1.65 bits per heavy atom. The lowest BCUT2D eigenvalue weighted by atomic mass is 10.2. The molecule has 0 heterocycles. The highest BCUT2D eigenvalue weighted by atomic mass is 16.5. The number of hydrogen-bond acceptors (Lipinski definition) is 4. The molecule has 0 aliphatic carbocycles. The Hall–Kier alpha value is -2.04. The minimum Gasteiger partial charge on any atom is -0.491 e. The first-order valence-corrected chi connectivity index (χ1v) is 9.49. The molecular weight excluding hydrogens is 326 g/mol. The van der Waals surface area contributed by atoms with Gasteiger partial charge in [-0.05, 0) is 56.6 Å². The standard InChI is InChI=1S/C22H31NO3/c1-4-13-23(14-5-2)16-19(24)17-25-20-10-8-11-21(15-20)26-22-12-7-6-9-18(22)3/h6-12,15,19,24H,4-5,13-14,16-17H2,1-3H3. The second-order valence-electron chi connectivity index (χ2n) is 6.61. The van der Waals surface area contributed by atoms with Gasteiger partial charge in [0, 0.05) is 12.6 Å². The number of rotatable bonds is 11. The first kappa shape index (κ1) is 20.3. The van der Waals surface area contributed by atoms with Crippen LogP contribution in [-0.2, 0) is 0 Å². The molecule has 0 aromatic heterocycles. The van der Waals surface area contributed by atoms with Crippen molar-refractivity contribution < 1.29 is 14.6 Å². The van der Waals surface area contributed by atoms with E-state index in [1.54, 1.807) is 0 Å². The zero-order valence-electron chi connectivity index (χ0n) is 16.1. The molecule has 0 radical (unpaired) electrons. The second-order valence-corrected chi connectivity index (χ2v) is 6.61. The quantitative estimate of drug-likeness (QED) is 0.636. The van der Waals surface area contributed by atoms with Crippen LogP contribution in [-0.4, -0.2) is 42.4 Å². The summed E-state index contributed by atoms with van der Waals surface area (Å²) in [6.07, 6.45) is 1.67. The molecule has 0 fully saturated rings.